The average Bonchev–Trinajstić information content (AvgIpc) is 2.71. The average molecular weight is 273 g/mol. The molecule has 0 bridgehead atoms. The Morgan fingerprint density at radius 2 is 1.90 bits per heavy atom. The van der Waals surface area contributed by atoms with E-state index in [4.69, 9.17) is 0 Å². The normalized spacial score (nSPS) is 25.2. The van der Waals surface area contributed by atoms with Gasteiger partial charge in [0.25, 0.3) is 0 Å². The van der Waals surface area contributed by atoms with E-state index in [1.807, 2.05) is 12.4 Å². The molecule has 0 radical (unpaired) electrons. The van der Waals surface area contributed by atoms with Crippen molar-refractivity contribution < 1.29 is 0 Å². The first-order chi connectivity index (χ1) is 9.79. The van der Waals surface area contributed by atoms with E-state index in [9.17, 15) is 0 Å². The molecule has 1 saturated heterocycles. The van der Waals surface area contributed by atoms with Gasteiger partial charge in [0.1, 0.15) is 0 Å². The highest BCUT2D eigenvalue weighted by atomic mass is 15.2. The molecule has 1 aromatic rings. The molecule has 2 heterocycles. The first-order valence-electron chi connectivity index (χ1n) is 8.18. The fourth-order valence-electron chi connectivity index (χ4n) is 3.91. The zero-order valence-corrected chi connectivity index (χ0v) is 12.6. The molecule has 3 nitrogen and oxygen atoms in total. The quantitative estimate of drug-likeness (QED) is 0.897. The predicted octanol–water partition coefficient (Wildman–Crippen LogP) is 3.14. The van der Waals surface area contributed by atoms with E-state index in [-0.39, 0.29) is 0 Å². The molecule has 1 unspecified atom stereocenters. The highest BCUT2D eigenvalue weighted by Crippen LogP contribution is 2.33. The largest absolute Gasteiger partial charge is 0.310 e. The Bertz CT molecular complexity index is 412. The number of aromatic nitrogens is 1. The zero-order valence-electron chi connectivity index (χ0n) is 12.6. The van der Waals surface area contributed by atoms with Crippen molar-refractivity contribution >= 4 is 0 Å². The van der Waals surface area contributed by atoms with E-state index in [1.165, 1.54) is 63.7 Å². The van der Waals surface area contributed by atoms with Gasteiger partial charge in [0.2, 0.25) is 0 Å². The summed E-state index contributed by atoms with van der Waals surface area (Å²) in [5.41, 5.74) is 1.78. The van der Waals surface area contributed by atoms with Gasteiger partial charge in [-0.2, -0.15) is 0 Å². The first kappa shape index (κ1) is 14.0. The number of hydrogen-bond donors (Lipinski definition) is 1. The van der Waals surface area contributed by atoms with Gasteiger partial charge in [-0.05, 0) is 50.4 Å². The number of pyridine rings is 1. The van der Waals surface area contributed by atoms with Gasteiger partial charge in [-0.15, -0.1) is 0 Å². The topological polar surface area (TPSA) is 28.2 Å². The molecule has 1 saturated carbocycles. The predicted molar refractivity (Wildman–Crippen MR) is 82.7 cm³/mol. The van der Waals surface area contributed by atoms with Crippen molar-refractivity contribution in [2.24, 2.45) is 0 Å². The second-order valence-electron chi connectivity index (χ2n) is 6.55. The van der Waals surface area contributed by atoms with Gasteiger partial charge in [0.05, 0.1) is 0 Å². The molecule has 1 aromatic heterocycles. The lowest BCUT2D eigenvalue weighted by atomic mass is 9.81. The van der Waals surface area contributed by atoms with Crippen LogP contribution < -0.4 is 5.32 Å². The maximum absolute atomic E-state index is 4.14. The van der Waals surface area contributed by atoms with Crippen LogP contribution in [0.2, 0.25) is 0 Å². The van der Waals surface area contributed by atoms with E-state index in [0.29, 0.717) is 11.6 Å². The number of hydrogen-bond acceptors (Lipinski definition) is 3. The molecule has 3 heteroatoms. The smallest absolute Gasteiger partial charge is 0.0321 e. The summed E-state index contributed by atoms with van der Waals surface area (Å²) >= 11 is 0. The minimum Gasteiger partial charge on any atom is -0.310 e. The van der Waals surface area contributed by atoms with Crippen LogP contribution in [0.25, 0.3) is 0 Å². The van der Waals surface area contributed by atoms with Crippen LogP contribution in [0, 0.1) is 0 Å². The Labute approximate surface area is 122 Å². The van der Waals surface area contributed by atoms with Crippen LogP contribution in [0.5, 0.6) is 0 Å². The van der Waals surface area contributed by atoms with Crippen LogP contribution in [-0.4, -0.2) is 35.1 Å². The Hall–Kier alpha value is -0.930. The SMILES string of the molecule is CC(c1ccncc1)N1CCCNC2(CCCCC2)C1. The minimum atomic E-state index is 0.385. The van der Waals surface area contributed by atoms with Crippen LogP contribution in [0.1, 0.15) is 57.1 Å². The maximum atomic E-state index is 4.14. The van der Waals surface area contributed by atoms with Crippen molar-refractivity contribution in [2.75, 3.05) is 19.6 Å². The molecule has 20 heavy (non-hydrogen) atoms. The fraction of sp³-hybridized carbons (Fsp3) is 0.706. The summed E-state index contributed by atoms with van der Waals surface area (Å²) in [5, 5.41) is 3.88. The van der Waals surface area contributed by atoms with Gasteiger partial charge < -0.3 is 5.32 Å². The molecule has 3 rings (SSSR count). The van der Waals surface area contributed by atoms with Crippen LogP contribution >= 0.6 is 0 Å². The van der Waals surface area contributed by atoms with Crippen molar-refractivity contribution in [1.29, 1.82) is 0 Å². The Morgan fingerprint density at radius 3 is 2.65 bits per heavy atom. The summed E-state index contributed by atoms with van der Waals surface area (Å²) in [6.45, 7) is 5.94. The molecule has 110 valence electrons. The van der Waals surface area contributed by atoms with E-state index < -0.39 is 0 Å². The molecule has 1 N–H and O–H groups in total. The Kier molecular flexibility index (Phi) is 4.37. The van der Waals surface area contributed by atoms with Crippen molar-refractivity contribution in [3.05, 3.63) is 30.1 Å². The molecule has 0 amide bonds. The minimum absolute atomic E-state index is 0.385. The summed E-state index contributed by atoms with van der Waals surface area (Å²) in [4.78, 5) is 6.83. The molecule has 0 aromatic carbocycles. The van der Waals surface area contributed by atoms with Crippen molar-refractivity contribution in [1.82, 2.24) is 15.2 Å². The van der Waals surface area contributed by atoms with E-state index >= 15 is 0 Å². The van der Waals surface area contributed by atoms with Gasteiger partial charge in [-0.1, -0.05) is 19.3 Å². The third kappa shape index (κ3) is 3.04. The molecule has 1 aliphatic heterocycles. The monoisotopic (exact) mass is 273 g/mol. The summed E-state index contributed by atoms with van der Waals surface area (Å²) in [6.07, 6.45) is 12.0. The summed E-state index contributed by atoms with van der Waals surface area (Å²) in [5.74, 6) is 0. The van der Waals surface area contributed by atoms with Crippen LogP contribution in [0.4, 0.5) is 0 Å². The van der Waals surface area contributed by atoms with Crippen LogP contribution in [0.3, 0.4) is 0 Å². The lowest BCUT2D eigenvalue weighted by Gasteiger charge is -2.41. The maximum Gasteiger partial charge on any atom is 0.0321 e. The highest BCUT2D eigenvalue weighted by Gasteiger charge is 2.36. The lowest BCUT2D eigenvalue weighted by Crippen LogP contribution is -2.52. The van der Waals surface area contributed by atoms with Crippen LogP contribution in [0.15, 0.2) is 24.5 Å². The van der Waals surface area contributed by atoms with Gasteiger partial charge in [0, 0.05) is 37.1 Å². The summed E-state index contributed by atoms with van der Waals surface area (Å²) in [7, 11) is 0. The van der Waals surface area contributed by atoms with E-state index in [2.05, 4.69) is 34.3 Å². The zero-order chi connectivity index (χ0) is 13.8. The van der Waals surface area contributed by atoms with Gasteiger partial charge in [-0.25, -0.2) is 0 Å². The summed E-state index contributed by atoms with van der Waals surface area (Å²) in [6, 6.07) is 4.82. The van der Waals surface area contributed by atoms with Crippen molar-refractivity contribution in [3.8, 4) is 0 Å². The number of nitrogens with one attached hydrogen (secondary N) is 1. The molecule has 2 aliphatic rings. The second-order valence-corrected chi connectivity index (χ2v) is 6.55. The van der Waals surface area contributed by atoms with Crippen molar-refractivity contribution in [2.45, 2.75) is 57.0 Å². The van der Waals surface area contributed by atoms with E-state index in [1.54, 1.807) is 0 Å². The standard InChI is InChI=1S/C17H27N3/c1-15(16-6-11-18-12-7-16)20-13-5-10-19-17(14-20)8-3-2-4-9-17/h6-7,11-12,15,19H,2-5,8-10,13-14H2,1H3. The molecular formula is C17H27N3. The first-order valence-corrected chi connectivity index (χ1v) is 8.18. The molecule has 2 fully saturated rings. The number of nitrogens with zero attached hydrogens (tertiary/aromatic N) is 2. The highest BCUT2D eigenvalue weighted by molar-refractivity contribution is 5.15. The van der Waals surface area contributed by atoms with Gasteiger partial charge >= 0.3 is 0 Å². The summed E-state index contributed by atoms with van der Waals surface area (Å²) < 4.78 is 0. The molecule has 1 atom stereocenters. The van der Waals surface area contributed by atoms with Gasteiger partial charge in [-0.3, -0.25) is 9.88 Å². The lowest BCUT2D eigenvalue weighted by molar-refractivity contribution is 0.134. The fourth-order valence-corrected chi connectivity index (χ4v) is 3.91. The molecular weight excluding hydrogens is 246 g/mol. The third-order valence-electron chi connectivity index (χ3n) is 5.17. The third-order valence-corrected chi connectivity index (χ3v) is 5.17. The van der Waals surface area contributed by atoms with Crippen LogP contribution in [-0.2, 0) is 0 Å². The second kappa shape index (κ2) is 6.23. The van der Waals surface area contributed by atoms with E-state index in [0.717, 1.165) is 0 Å². The molecule has 1 spiro atoms. The van der Waals surface area contributed by atoms with Crippen molar-refractivity contribution in [3.63, 3.8) is 0 Å². The number of rotatable bonds is 2. The Balaban J connectivity index is 1.74. The molecule has 1 aliphatic carbocycles. The Morgan fingerprint density at radius 1 is 1.15 bits per heavy atom. The van der Waals surface area contributed by atoms with Gasteiger partial charge in [0.15, 0.2) is 0 Å².